The highest BCUT2D eigenvalue weighted by Crippen LogP contribution is 2.26. The molecular formula is C22H27N5. The first-order chi connectivity index (χ1) is 12.8. The number of pyridine rings is 1. The Morgan fingerprint density at radius 3 is 2.22 bits per heavy atom. The molecule has 0 unspecified atom stereocenters. The van der Waals surface area contributed by atoms with Crippen LogP contribution in [0, 0.1) is 0 Å². The van der Waals surface area contributed by atoms with Crippen molar-refractivity contribution < 1.29 is 0 Å². The molecule has 5 nitrogen and oxygen atoms in total. The summed E-state index contributed by atoms with van der Waals surface area (Å²) < 4.78 is 0. The Hall–Kier alpha value is -2.95. The summed E-state index contributed by atoms with van der Waals surface area (Å²) in [7, 11) is 0. The lowest BCUT2D eigenvalue weighted by Gasteiger charge is -2.19. The summed E-state index contributed by atoms with van der Waals surface area (Å²) in [5.41, 5.74) is 4.02. The molecule has 2 heterocycles. The Morgan fingerprint density at radius 1 is 0.889 bits per heavy atom. The smallest absolute Gasteiger partial charge is 0.225 e. The second kappa shape index (κ2) is 7.74. The van der Waals surface area contributed by atoms with Gasteiger partial charge in [-0.15, -0.1) is 0 Å². The van der Waals surface area contributed by atoms with Gasteiger partial charge in [0, 0.05) is 24.0 Å². The van der Waals surface area contributed by atoms with Crippen molar-refractivity contribution in [1.82, 2.24) is 15.0 Å². The average Bonchev–Trinajstić information content (AvgIpc) is 2.61. The summed E-state index contributed by atoms with van der Waals surface area (Å²) in [6.45, 7) is 10.8. The number of nitrogens with one attached hydrogen (secondary N) is 2. The van der Waals surface area contributed by atoms with E-state index >= 15 is 0 Å². The molecule has 0 radical (unpaired) electrons. The molecular weight excluding hydrogens is 334 g/mol. The molecule has 0 saturated carbocycles. The Morgan fingerprint density at radius 2 is 1.63 bits per heavy atom. The van der Waals surface area contributed by atoms with Gasteiger partial charge in [0.1, 0.15) is 5.82 Å². The SMILES string of the molecule is CC(C)Nc1nc(Nc2ccc(C(C)(C)C)cc2)cc(-c2ccccn2)n1. The van der Waals surface area contributed by atoms with Gasteiger partial charge in [0.05, 0.1) is 11.4 Å². The summed E-state index contributed by atoms with van der Waals surface area (Å²) in [5, 5.41) is 6.67. The van der Waals surface area contributed by atoms with E-state index in [1.807, 2.05) is 24.3 Å². The van der Waals surface area contributed by atoms with Crippen LogP contribution in [-0.2, 0) is 5.41 Å². The quantitative estimate of drug-likeness (QED) is 0.637. The van der Waals surface area contributed by atoms with Crippen LogP contribution in [0.4, 0.5) is 17.5 Å². The van der Waals surface area contributed by atoms with Crippen LogP contribution in [0.15, 0.2) is 54.7 Å². The molecule has 0 fully saturated rings. The lowest BCUT2D eigenvalue weighted by atomic mass is 9.87. The largest absolute Gasteiger partial charge is 0.352 e. The highest BCUT2D eigenvalue weighted by atomic mass is 15.2. The number of anilines is 3. The number of benzene rings is 1. The first-order valence-corrected chi connectivity index (χ1v) is 9.26. The van der Waals surface area contributed by atoms with Gasteiger partial charge in [0.2, 0.25) is 5.95 Å². The molecule has 2 N–H and O–H groups in total. The monoisotopic (exact) mass is 361 g/mol. The molecule has 3 aromatic rings. The molecule has 2 aromatic heterocycles. The topological polar surface area (TPSA) is 62.7 Å². The minimum Gasteiger partial charge on any atom is -0.352 e. The molecule has 0 aliphatic carbocycles. The first kappa shape index (κ1) is 18.8. The van der Waals surface area contributed by atoms with Crippen LogP contribution in [-0.4, -0.2) is 21.0 Å². The minimum atomic E-state index is 0.133. The summed E-state index contributed by atoms with van der Waals surface area (Å²) in [6, 6.07) is 16.4. The third kappa shape index (κ3) is 5.03. The first-order valence-electron chi connectivity index (χ1n) is 9.26. The second-order valence-corrected chi connectivity index (χ2v) is 7.93. The zero-order valence-corrected chi connectivity index (χ0v) is 16.6. The van der Waals surface area contributed by atoms with Crippen LogP contribution in [0.2, 0.25) is 0 Å². The lowest BCUT2D eigenvalue weighted by molar-refractivity contribution is 0.590. The fraction of sp³-hybridized carbons (Fsp3) is 0.318. The van der Waals surface area contributed by atoms with E-state index in [0.717, 1.165) is 22.9 Å². The zero-order chi connectivity index (χ0) is 19.4. The fourth-order valence-corrected chi connectivity index (χ4v) is 2.68. The van der Waals surface area contributed by atoms with Crippen molar-refractivity contribution in [3.63, 3.8) is 0 Å². The van der Waals surface area contributed by atoms with E-state index in [-0.39, 0.29) is 11.5 Å². The Labute approximate surface area is 161 Å². The molecule has 27 heavy (non-hydrogen) atoms. The lowest BCUT2D eigenvalue weighted by Crippen LogP contribution is -2.13. The van der Waals surface area contributed by atoms with Crippen molar-refractivity contribution in [1.29, 1.82) is 0 Å². The maximum Gasteiger partial charge on any atom is 0.225 e. The maximum absolute atomic E-state index is 4.61. The second-order valence-electron chi connectivity index (χ2n) is 7.93. The molecule has 0 saturated heterocycles. The maximum atomic E-state index is 4.61. The number of aromatic nitrogens is 3. The molecule has 1 aromatic carbocycles. The summed E-state index contributed by atoms with van der Waals surface area (Å²) in [5.74, 6) is 1.32. The van der Waals surface area contributed by atoms with Gasteiger partial charge in [0.15, 0.2) is 0 Å². The molecule has 0 amide bonds. The van der Waals surface area contributed by atoms with E-state index in [2.05, 4.69) is 84.5 Å². The number of rotatable bonds is 5. The third-order valence-corrected chi connectivity index (χ3v) is 4.09. The van der Waals surface area contributed by atoms with Crippen molar-refractivity contribution >= 4 is 17.5 Å². The highest BCUT2D eigenvalue weighted by molar-refractivity contribution is 5.65. The predicted octanol–water partition coefficient (Wildman–Crippen LogP) is 5.40. The minimum absolute atomic E-state index is 0.133. The zero-order valence-electron chi connectivity index (χ0n) is 16.6. The number of nitrogens with zero attached hydrogens (tertiary/aromatic N) is 3. The number of hydrogen-bond acceptors (Lipinski definition) is 5. The predicted molar refractivity (Wildman–Crippen MR) is 112 cm³/mol. The molecule has 0 spiro atoms. The van der Waals surface area contributed by atoms with Gasteiger partial charge in [0.25, 0.3) is 0 Å². The molecule has 0 atom stereocenters. The normalized spacial score (nSPS) is 11.5. The van der Waals surface area contributed by atoms with Crippen molar-refractivity contribution in [2.24, 2.45) is 0 Å². The Kier molecular flexibility index (Phi) is 5.40. The van der Waals surface area contributed by atoms with Gasteiger partial charge in [-0.1, -0.05) is 39.0 Å². The Bertz CT molecular complexity index is 881. The van der Waals surface area contributed by atoms with E-state index in [0.29, 0.717) is 5.95 Å². The molecule has 3 rings (SSSR count). The molecule has 0 aliphatic rings. The molecule has 5 heteroatoms. The third-order valence-electron chi connectivity index (χ3n) is 4.09. The average molecular weight is 361 g/mol. The van der Waals surface area contributed by atoms with E-state index in [1.54, 1.807) is 6.20 Å². The standard InChI is InChI=1S/C22H27N5/c1-15(2)24-21-26-19(18-8-6-7-13-23-18)14-20(27-21)25-17-11-9-16(10-12-17)22(3,4)5/h6-15H,1-5H3,(H2,24,25,26,27). The Balaban J connectivity index is 1.92. The molecule has 0 bridgehead atoms. The van der Waals surface area contributed by atoms with E-state index < -0.39 is 0 Å². The number of hydrogen-bond donors (Lipinski definition) is 2. The highest BCUT2D eigenvalue weighted by Gasteiger charge is 2.13. The van der Waals surface area contributed by atoms with Crippen LogP contribution in [0.3, 0.4) is 0 Å². The van der Waals surface area contributed by atoms with Gasteiger partial charge in [-0.05, 0) is 49.1 Å². The summed E-state index contributed by atoms with van der Waals surface area (Å²) in [6.07, 6.45) is 1.77. The van der Waals surface area contributed by atoms with Crippen LogP contribution in [0.5, 0.6) is 0 Å². The summed E-state index contributed by atoms with van der Waals surface area (Å²) in [4.78, 5) is 13.6. The van der Waals surface area contributed by atoms with E-state index in [9.17, 15) is 0 Å². The van der Waals surface area contributed by atoms with Gasteiger partial charge in [-0.2, -0.15) is 4.98 Å². The van der Waals surface area contributed by atoms with Gasteiger partial charge >= 0.3 is 0 Å². The van der Waals surface area contributed by atoms with Crippen molar-refractivity contribution in [3.05, 3.63) is 60.3 Å². The van der Waals surface area contributed by atoms with Crippen LogP contribution in [0.1, 0.15) is 40.2 Å². The van der Waals surface area contributed by atoms with Crippen LogP contribution in [0.25, 0.3) is 11.4 Å². The van der Waals surface area contributed by atoms with Crippen LogP contribution < -0.4 is 10.6 Å². The van der Waals surface area contributed by atoms with E-state index in [1.165, 1.54) is 5.56 Å². The molecule has 140 valence electrons. The fourth-order valence-electron chi connectivity index (χ4n) is 2.68. The van der Waals surface area contributed by atoms with E-state index in [4.69, 9.17) is 0 Å². The van der Waals surface area contributed by atoms with Gasteiger partial charge < -0.3 is 10.6 Å². The molecule has 0 aliphatic heterocycles. The van der Waals surface area contributed by atoms with Crippen molar-refractivity contribution in [2.45, 2.75) is 46.1 Å². The van der Waals surface area contributed by atoms with Crippen molar-refractivity contribution in [2.75, 3.05) is 10.6 Å². The summed E-state index contributed by atoms with van der Waals surface area (Å²) >= 11 is 0. The van der Waals surface area contributed by atoms with Gasteiger partial charge in [-0.25, -0.2) is 4.98 Å². The van der Waals surface area contributed by atoms with Crippen molar-refractivity contribution in [3.8, 4) is 11.4 Å². The van der Waals surface area contributed by atoms with Gasteiger partial charge in [-0.3, -0.25) is 4.98 Å². The van der Waals surface area contributed by atoms with Crippen LogP contribution >= 0.6 is 0 Å².